The third kappa shape index (κ3) is 2.29. The molecule has 0 saturated heterocycles. The molecule has 1 unspecified atom stereocenters. The zero-order valence-electron chi connectivity index (χ0n) is 11.5. The first-order valence-electron chi connectivity index (χ1n) is 6.89. The summed E-state index contributed by atoms with van der Waals surface area (Å²) in [5.74, 6) is 1.73. The van der Waals surface area contributed by atoms with Crippen LogP contribution in [0.2, 0.25) is 0 Å². The second-order valence-corrected chi connectivity index (χ2v) is 6.23. The Morgan fingerprint density at radius 3 is 2.95 bits per heavy atom. The lowest BCUT2D eigenvalue weighted by atomic mass is 10.1. The van der Waals surface area contributed by atoms with E-state index in [0.29, 0.717) is 6.54 Å². The van der Waals surface area contributed by atoms with Crippen molar-refractivity contribution in [2.75, 3.05) is 11.9 Å². The molecule has 4 heteroatoms. The maximum Gasteiger partial charge on any atom is 0.173 e. The van der Waals surface area contributed by atoms with E-state index < -0.39 is 0 Å². The Hall–Kier alpha value is -1.94. The molecule has 3 nitrogen and oxygen atoms in total. The number of furan rings is 1. The van der Waals surface area contributed by atoms with Gasteiger partial charge in [0.25, 0.3) is 0 Å². The van der Waals surface area contributed by atoms with Gasteiger partial charge in [0, 0.05) is 9.86 Å². The topological polar surface area (TPSA) is 34.4 Å². The van der Waals surface area contributed by atoms with Crippen LogP contribution >= 0.6 is 15.9 Å². The third-order valence-corrected chi connectivity index (χ3v) is 4.19. The number of ether oxygens (including phenoxy) is 1. The second kappa shape index (κ2) is 4.81. The summed E-state index contributed by atoms with van der Waals surface area (Å²) < 4.78 is 13.1. The molecule has 2 heterocycles. The van der Waals surface area contributed by atoms with Crippen LogP contribution in [0.3, 0.4) is 0 Å². The molecule has 1 aliphatic rings. The van der Waals surface area contributed by atoms with E-state index in [1.54, 1.807) is 0 Å². The number of anilines is 1. The highest BCUT2D eigenvalue weighted by atomic mass is 79.9. The van der Waals surface area contributed by atoms with Crippen molar-refractivity contribution in [1.82, 2.24) is 0 Å². The highest BCUT2D eigenvalue weighted by molar-refractivity contribution is 9.10. The monoisotopic (exact) mass is 343 g/mol. The SMILES string of the molecule is Cc1ccc2c(c1)OC(c1cc3cc(Br)ccc3o1)CN2. The minimum absolute atomic E-state index is 0.106. The summed E-state index contributed by atoms with van der Waals surface area (Å²) in [6, 6.07) is 14.2. The van der Waals surface area contributed by atoms with E-state index in [1.165, 1.54) is 5.56 Å². The Labute approximate surface area is 131 Å². The highest BCUT2D eigenvalue weighted by Gasteiger charge is 2.24. The van der Waals surface area contributed by atoms with Gasteiger partial charge >= 0.3 is 0 Å². The van der Waals surface area contributed by atoms with E-state index in [2.05, 4.69) is 46.4 Å². The first-order chi connectivity index (χ1) is 10.2. The molecule has 2 aromatic carbocycles. The van der Waals surface area contributed by atoms with Crippen LogP contribution in [0.25, 0.3) is 11.0 Å². The first kappa shape index (κ1) is 12.8. The molecule has 0 fully saturated rings. The smallest absolute Gasteiger partial charge is 0.173 e. The molecule has 0 spiro atoms. The molecule has 1 atom stereocenters. The normalized spacial score (nSPS) is 17.1. The van der Waals surface area contributed by atoms with Crippen molar-refractivity contribution in [2.45, 2.75) is 13.0 Å². The molecule has 21 heavy (non-hydrogen) atoms. The lowest BCUT2D eigenvalue weighted by Crippen LogP contribution is -2.23. The predicted octanol–water partition coefficient (Wildman–Crippen LogP) is 5.05. The van der Waals surface area contributed by atoms with Crippen molar-refractivity contribution in [3.05, 3.63) is 58.3 Å². The number of benzene rings is 2. The molecule has 0 bridgehead atoms. The first-order valence-corrected chi connectivity index (χ1v) is 7.68. The summed E-state index contributed by atoms with van der Waals surface area (Å²) in [5.41, 5.74) is 3.10. The average molecular weight is 344 g/mol. The van der Waals surface area contributed by atoms with Crippen molar-refractivity contribution in [3.63, 3.8) is 0 Å². The highest BCUT2D eigenvalue weighted by Crippen LogP contribution is 2.36. The van der Waals surface area contributed by atoms with Gasteiger partial charge < -0.3 is 14.5 Å². The zero-order valence-corrected chi connectivity index (χ0v) is 13.1. The Bertz CT molecular complexity index is 825. The van der Waals surface area contributed by atoms with E-state index in [9.17, 15) is 0 Å². The van der Waals surface area contributed by atoms with Gasteiger partial charge in [-0.3, -0.25) is 0 Å². The maximum atomic E-state index is 6.09. The van der Waals surface area contributed by atoms with Crippen LogP contribution in [0.5, 0.6) is 5.75 Å². The standard InChI is InChI=1S/C17H14BrNO2/c1-10-2-4-13-15(6-10)21-17(9-19-13)16-8-11-7-12(18)3-5-14(11)20-16/h2-8,17,19H,9H2,1H3. The number of aryl methyl sites for hydroxylation is 1. The van der Waals surface area contributed by atoms with Gasteiger partial charge in [0.15, 0.2) is 6.10 Å². The van der Waals surface area contributed by atoms with E-state index in [4.69, 9.17) is 9.15 Å². The summed E-state index contributed by atoms with van der Waals surface area (Å²) in [7, 11) is 0. The van der Waals surface area contributed by atoms with Crippen molar-refractivity contribution < 1.29 is 9.15 Å². The molecular weight excluding hydrogens is 330 g/mol. The molecule has 106 valence electrons. The van der Waals surface area contributed by atoms with Gasteiger partial charge in [-0.05, 0) is 48.9 Å². The van der Waals surface area contributed by atoms with Crippen molar-refractivity contribution in [3.8, 4) is 5.75 Å². The molecule has 4 rings (SSSR count). The van der Waals surface area contributed by atoms with E-state index in [-0.39, 0.29) is 6.10 Å². The minimum atomic E-state index is -0.106. The number of hydrogen-bond acceptors (Lipinski definition) is 3. The number of halogens is 1. The van der Waals surface area contributed by atoms with Gasteiger partial charge in [0.05, 0.1) is 12.2 Å². The van der Waals surface area contributed by atoms with Crippen LogP contribution in [0.4, 0.5) is 5.69 Å². The van der Waals surface area contributed by atoms with Gasteiger partial charge in [-0.15, -0.1) is 0 Å². The van der Waals surface area contributed by atoms with E-state index >= 15 is 0 Å². The maximum absolute atomic E-state index is 6.09. The molecule has 1 N–H and O–H groups in total. The van der Waals surface area contributed by atoms with Gasteiger partial charge in [0.2, 0.25) is 0 Å². The number of rotatable bonds is 1. The molecule has 0 aliphatic carbocycles. The van der Waals surface area contributed by atoms with Gasteiger partial charge in [0.1, 0.15) is 17.1 Å². The van der Waals surface area contributed by atoms with Crippen LogP contribution < -0.4 is 10.1 Å². The van der Waals surface area contributed by atoms with Gasteiger partial charge in [-0.25, -0.2) is 0 Å². The zero-order chi connectivity index (χ0) is 14.4. The van der Waals surface area contributed by atoms with Gasteiger partial charge in [-0.2, -0.15) is 0 Å². The summed E-state index contributed by atoms with van der Waals surface area (Å²) >= 11 is 3.48. The average Bonchev–Trinajstić information content (AvgIpc) is 2.89. The van der Waals surface area contributed by atoms with Crippen molar-refractivity contribution in [2.24, 2.45) is 0 Å². The molecule has 3 aromatic rings. The van der Waals surface area contributed by atoms with E-state index in [0.717, 1.165) is 32.6 Å². The Morgan fingerprint density at radius 2 is 2.05 bits per heavy atom. The molecule has 0 saturated carbocycles. The van der Waals surface area contributed by atoms with Gasteiger partial charge in [-0.1, -0.05) is 22.0 Å². The van der Waals surface area contributed by atoms with Crippen molar-refractivity contribution in [1.29, 1.82) is 0 Å². The lowest BCUT2D eigenvalue weighted by molar-refractivity contribution is 0.183. The molecule has 1 aromatic heterocycles. The van der Waals surface area contributed by atoms with E-state index in [1.807, 2.05) is 24.3 Å². The van der Waals surface area contributed by atoms with Crippen molar-refractivity contribution >= 4 is 32.6 Å². The fourth-order valence-corrected chi connectivity index (χ4v) is 3.00. The second-order valence-electron chi connectivity index (χ2n) is 5.32. The Morgan fingerprint density at radius 1 is 1.14 bits per heavy atom. The number of fused-ring (bicyclic) bond motifs is 2. The largest absolute Gasteiger partial charge is 0.478 e. The van der Waals surface area contributed by atoms with Crippen LogP contribution in [-0.2, 0) is 0 Å². The predicted molar refractivity (Wildman–Crippen MR) is 87.0 cm³/mol. The molecular formula is C17H14BrNO2. The number of nitrogens with one attached hydrogen (secondary N) is 1. The van der Waals surface area contributed by atoms with Crippen LogP contribution in [-0.4, -0.2) is 6.54 Å². The molecule has 1 aliphatic heterocycles. The fraction of sp³-hybridized carbons (Fsp3) is 0.176. The Balaban J connectivity index is 1.70. The summed E-state index contributed by atoms with van der Waals surface area (Å²) in [5, 5.41) is 4.48. The summed E-state index contributed by atoms with van der Waals surface area (Å²) in [4.78, 5) is 0. The molecule has 0 radical (unpaired) electrons. The summed E-state index contributed by atoms with van der Waals surface area (Å²) in [6.07, 6.45) is -0.106. The third-order valence-electron chi connectivity index (χ3n) is 3.70. The minimum Gasteiger partial charge on any atom is -0.478 e. The fourth-order valence-electron chi connectivity index (χ4n) is 2.62. The van der Waals surface area contributed by atoms with Crippen LogP contribution in [0.15, 0.2) is 51.4 Å². The summed E-state index contributed by atoms with van der Waals surface area (Å²) in [6.45, 7) is 2.77. The van der Waals surface area contributed by atoms with Crippen LogP contribution in [0, 0.1) is 6.92 Å². The lowest BCUT2D eigenvalue weighted by Gasteiger charge is -2.26. The Kier molecular flexibility index (Phi) is 2.93. The van der Waals surface area contributed by atoms with Crippen LogP contribution in [0.1, 0.15) is 17.4 Å². The quantitative estimate of drug-likeness (QED) is 0.671. The number of hydrogen-bond donors (Lipinski definition) is 1. The molecule has 0 amide bonds.